The number of nitrogens with zero attached hydrogens (tertiary/aromatic N) is 3. The maximum absolute atomic E-state index is 13.9. The van der Waals surface area contributed by atoms with E-state index < -0.39 is 0 Å². The Labute approximate surface area is 193 Å². The largest absolute Gasteiger partial charge is 0.339 e. The highest BCUT2D eigenvalue weighted by molar-refractivity contribution is 7.99. The number of thiophene rings is 1. The van der Waals surface area contributed by atoms with Gasteiger partial charge in [-0.1, -0.05) is 30.0 Å². The number of thioether (sulfide) groups is 1. The number of aromatic amines is 1. The normalized spacial score (nSPS) is 17.0. The number of aryl methyl sites for hydroxylation is 2. The van der Waals surface area contributed by atoms with Crippen LogP contribution in [0.15, 0.2) is 34.2 Å². The van der Waals surface area contributed by atoms with Gasteiger partial charge in [-0.25, -0.2) is 9.37 Å². The number of rotatable bonds is 5. The lowest BCUT2D eigenvalue weighted by molar-refractivity contribution is -0.130. The first kappa shape index (κ1) is 21.6. The molecule has 0 atom stereocenters. The average Bonchev–Trinajstić information content (AvgIpc) is 3.18. The summed E-state index contributed by atoms with van der Waals surface area (Å²) in [5.74, 6) is 0.0913. The summed E-state index contributed by atoms with van der Waals surface area (Å²) in [6.07, 6.45) is 4.27. The van der Waals surface area contributed by atoms with Gasteiger partial charge in [0, 0.05) is 43.2 Å². The van der Waals surface area contributed by atoms with Gasteiger partial charge >= 0.3 is 0 Å². The van der Waals surface area contributed by atoms with Crippen LogP contribution in [0, 0.1) is 5.82 Å². The van der Waals surface area contributed by atoms with Gasteiger partial charge in [0.15, 0.2) is 5.16 Å². The van der Waals surface area contributed by atoms with Crippen LogP contribution in [-0.4, -0.2) is 57.6 Å². The quantitative estimate of drug-likeness (QED) is 0.455. The number of carbonyl (C=O) groups excluding carboxylic acids is 1. The van der Waals surface area contributed by atoms with Crippen LogP contribution in [0.3, 0.4) is 0 Å². The fourth-order valence-corrected chi connectivity index (χ4v) is 6.54. The average molecular weight is 473 g/mol. The van der Waals surface area contributed by atoms with Gasteiger partial charge in [0.2, 0.25) is 5.91 Å². The van der Waals surface area contributed by atoms with Gasteiger partial charge in [-0.15, -0.1) is 11.3 Å². The summed E-state index contributed by atoms with van der Waals surface area (Å²) in [6.45, 7) is 3.22. The number of halogens is 1. The SMILES string of the molecule is O=C(CSc1nc2sc3c(c2c(=O)[nH]1)CCCC3)N1CCN(Cc2ccccc2F)CC1. The summed E-state index contributed by atoms with van der Waals surface area (Å²) in [6, 6.07) is 6.82. The van der Waals surface area contributed by atoms with Gasteiger partial charge in [-0.3, -0.25) is 14.5 Å². The zero-order chi connectivity index (χ0) is 22.1. The van der Waals surface area contributed by atoms with Gasteiger partial charge in [0.1, 0.15) is 10.6 Å². The van der Waals surface area contributed by atoms with Crippen molar-refractivity contribution in [2.75, 3.05) is 31.9 Å². The van der Waals surface area contributed by atoms with Crippen LogP contribution in [0.5, 0.6) is 0 Å². The second kappa shape index (κ2) is 9.33. The number of hydrogen-bond acceptors (Lipinski definition) is 6. The number of carbonyl (C=O) groups is 1. The molecule has 1 N–H and O–H groups in total. The van der Waals surface area contributed by atoms with Crippen LogP contribution in [0.4, 0.5) is 4.39 Å². The van der Waals surface area contributed by atoms with Crippen molar-refractivity contribution in [3.8, 4) is 0 Å². The fraction of sp³-hybridized carbons (Fsp3) is 0.435. The molecule has 0 unspecified atom stereocenters. The lowest BCUT2D eigenvalue weighted by Gasteiger charge is -2.34. The van der Waals surface area contributed by atoms with Gasteiger partial charge in [0.25, 0.3) is 5.56 Å². The minimum absolute atomic E-state index is 0.0359. The van der Waals surface area contributed by atoms with Crippen LogP contribution in [-0.2, 0) is 24.2 Å². The molecule has 2 aliphatic rings. The van der Waals surface area contributed by atoms with E-state index in [-0.39, 0.29) is 23.0 Å². The van der Waals surface area contributed by atoms with Crippen molar-refractivity contribution in [1.82, 2.24) is 19.8 Å². The number of benzene rings is 1. The number of piperazine rings is 1. The molecular weight excluding hydrogens is 447 g/mol. The van der Waals surface area contributed by atoms with Crippen molar-refractivity contribution in [2.24, 2.45) is 0 Å². The highest BCUT2D eigenvalue weighted by Gasteiger charge is 2.23. The van der Waals surface area contributed by atoms with Crippen molar-refractivity contribution < 1.29 is 9.18 Å². The second-order valence-corrected chi connectivity index (χ2v) is 10.3. The molecule has 1 fully saturated rings. The third-order valence-electron chi connectivity index (χ3n) is 6.21. The lowest BCUT2D eigenvalue weighted by atomic mass is 9.97. The maximum atomic E-state index is 13.9. The zero-order valence-corrected chi connectivity index (χ0v) is 19.4. The number of amides is 1. The molecule has 2 aromatic heterocycles. The molecular formula is C23H25FN4O2S2. The molecule has 0 saturated carbocycles. The molecule has 32 heavy (non-hydrogen) atoms. The summed E-state index contributed by atoms with van der Waals surface area (Å²) in [5, 5.41) is 1.25. The molecule has 6 nitrogen and oxygen atoms in total. The number of hydrogen-bond donors (Lipinski definition) is 1. The van der Waals surface area contributed by atoms with Crippen molar-refractivity contribution >= 4 is 39.2 Å². The van der Waals surface area contributed by atoms with E-state index in [0.29, 0.717) is 43.4 Å². The van der Waals surface area contributed by atoms with Gasteiger partial charge in [-0.05, 0) is 37.3 Å². The number of H-pyrrole nitrogens is 1. The Kier molecular flexibility index (Phi) is 6.30. The van der Waals surface area contributed by atoms with Crippen LogP contribution < -0.4 is 5.56 Å². The monoisotopic (exact) mass is 472 g/mol. The number of aromatic nitrogens is 2. The highest BCUT2D eigenvalue weighted by Crippen LogP contribution is 2.34. The minimum atomic E-state index is -0.188. The van der Waals surface area contributed by atoms with Crippen LogP contribution in [0.2, 0.25) is 0 Å². The molecule has 1 aliphatic heterocycles. The Hall–Kier alpha value is -2.23. The topological polar surface area (TPSA) is 69.3 Å². The Bertz CT molecular complexity index is 1200. The van der Waals surface area contributed by atoms with E-state index in [2.05, 4.69) is 14.9 Å². The summed E-state index contributed by atoms with van der Waals surface area (Å²) < 4.78 is 13.9. The summed E-state index contributed by atoms with van der Waals surface area (Å²) in [5.41, 5.74) is 1.76. The molecule has 9 heteroatoms. The maximum Gasteiger partial charge on any atom is 0.260 e. The summed E-state index contributed by atoms with van der Waals surface area (Å²) >= 11 is 2.91. The minimum Gasteiger partial charge on any atom is -0.339 e. The molecule has 1 amide bonds. The Morgan fingerprint density at radius 3 is 2.75 bits per heavy atom. The molecule has 0 radical (unpaired) electrons. The Morgan fingerprint density at radius 2 is 1.94 bits per heavy atom. The summed E-state index contributed by atoms with van der Waals surface area (Å²) in [4.78, 5) is 39.0. The smallest absolute Gasteiger partial charge is 0.260 e. The van der Waals surface area contributed by atoms with Gasteiger partial charge in [0.05, 0.1) is 11.1 Å². The first-order chi connectivity index (χ1) is 15.6. The third-order valence-corrected chi connectivity index (χ3v) is 8.26. The van der Waals surface area contributed by atoms with Crippen LogP contribution in [0.25, 0.3) is 10.2 Å². The molecule has 0 spiro atoms. The number of nitrogens with one attached hydrogen (secondary N) is 1. The highest BCUT2D eigenvalue weighted by atomic mass is 32.2. The predicted molar refractivity (Wildman–Crippen MR) is 126 cm³/mol. The van der Waals surface area contributed by atoms with E-state index >= 15 is 0 Å². The second-order valence-electron chi connectivity index (χ2n) is 8.30. The van der Waals surface area contributed by atoms with Crippen LogP contribution in [0.1, 0.15) is 28.8 Å². The molecule has 1 aromatic carbocycles. The number of fused-ring (bicyclic) bond motifs is 3. The molecule has 5 rings (SSSR count). The van der Waals surface area contributed by atoms with Crippen molar-refractivity contribution in [3.05, 3.63) is 56.4 Å². The molecule has 168 valence electrons. The van der Waals surface area contributed by atoms with Crippen molar-refractivity contribution in [1.29, 1.82) is 0 Å². The Balaban J connectivity index is 1.17. The van der Waals surface area contributed by atoms with Crippen LogP contribution >= 0.6 is 23.1 Å². The first-order valence-corrected chi connectivity index (χ1v) is 12.8. The van der Waals surface area contributed by atoms with E-state index in [1.165, 1.54) is 34.7 Å². The molecule has 1 aliphatic carbocycles. The van der Waals surface area contributed by atoms with E-state index in [4.69, 9.17) is 0 Å². The van der Waals surface area contributed by atoms with Crippen molar-refractivity contribution in [2.45, 2.75) is 37.4 Å². The zero-order valence-electron chi connectivity index (χ0n) is 17.7. The lowest BCUT2D eigenvalue weighted by Crippen LogP contribution is -2.48. The van der Waals surface area contributed by atoms with E-state index in [9.17, 15) is 14.0 Å². The molecule has 3 aromatic rings. The van der Waals surface area contributed by atoms with Gasteiger partial charge < -0.3 is 9.88 Å². The molecule has 3 heterocycles. The predicted octanol–water partition coefficient (Wildman–Crippen LogP) is 3.44. The summed E-state index contributed by atoms with van der Waals surface area (Å²) in [7, 11) is 0. The van der Waals surface area contributed by atoms with E-state index in [1.54, 1.807) is 23.5 Å². The third kappa shape index (κ3) is 4.46. The molecule has 1 saturated heterocycles. The van der Waals surface area contributed by atoms with Gasteiger partial charge in [-0.2, -0.15) is 0 Å². The first-order valence-electron chi connectivity index (χ1n) is 11.0. The van der Waals surface area contributed by atoms with E-state index in [0.717, 1.165) is 29.5 Å². The Morgan fingerprint density at radius 1 is 1.16 bits per heavy atom. The van der Waals surface area contributed by atoms with Crippen molar-refractivity contribution in [3.63, 3.8) is 0 Å². The fourth-order valence-electron chi connectivity index (χ4n) is 4.46. The molecule has 0 bridgehead atoms. The standard InChI is InChI=1S/C23H25FN4O2S2/c24-17-7-3-1-5-15(17)13-27-9-11-28(12-10-27)19(29)14-31-23-25-21(30)20-16-6-2-4-8-18(16)32-22(20)26-23/h1,3,5,7H,2,4,6,8-14H2,(H,25,26,30). The van der Waals surface area contributed by atoms with E-state index in [1.807, 2.05) is 11.0 Å².